The van der Waals surface area contributed by atoms with Crippen molar-refractivity contribution in [1.82, 2.24) is 5.16 Å². The number of halogens is 1. The van der Waals surface area contributed by atoms with E-state index < -0.39 is 0 Å². The minimum absolute atomic E-state index is 0.104. The molecule has 1 aromatic carbocycles. The first kappa shape index (κ1) is 8.44. The third kappa shape index (κ3) is 1.11. The van der Waals surface area contributed by atoms with E-state index in [4.69, 9.17) is 10.3 Å². The van der Waals surface area contributed by atoms with Gasteiger partial charge in [-0.1, -0.05) is 11.2 Å². The number of nitrogens with zero attached hydrogens (tertiary/aromatic N) is 1. The van der Waals surface area contributed by atoms with Gasteiger partial charge in [0.2, 0.25) is 0 Å². The zero-order valence-electron chi connectivity index (χ0n) is 7.46. The molecule has 0 unspecified atom stereocenters. The molecule has 2 aromatic rings. The van der Waals surface area contributed by atoms with Crippen molar-refractivity contribution >= 4 is 26.9 Å². The van der Waals surface area contributed by atoms with Crippen molar-refractivity contribution in [3.63, 3.8) is 0 Å². The molecule has 1 aliphatic carbocycles. The summed E-state index contributed by atoms with van der Waals surface area (Å²) < 4.78 is 5.91. The molecule has 2 N–H and O–H groups in total. The van der Waals surface area contributed by atoms with Crippen LogP contribution in [0.5, 0.6) is 0 Å². The molecule has 14 heavy (non-hydrogen) atoms. The highest BCUT2D eigenvalue weighted by Crippen LogP contribution is 2.43. The number of aromatic nitrogens is 1. The molecule has 1 aliphatic rings. The smallest absolute Gasteiger partial charge is 0.168 e. The molecule has 0 atom stereocenters. The van der Waals surface area contributed by atoms with Gasteiger partial charge in [0.15, 0.2) is 10.2 Å². The molecule has 0 spiro atoms. The Labute approximate surface area is 89.4 Å². The second kappa shape index (κ2) is 2.58. The number of hydrogen-bond acceptors (Lipinski definition) is 3. The molecule has 1 fully saturated rings. The fourth-order valence-corrected chi connectivity index (χ4v) is 2.04. The zero-order chi connectivity index (χ0) is 9.76. The van der Waals surface area contributed by atoms with Gasteiger partial charge in [0.05, 0.1) is 5.39 Å². The number of nitrogens with two attached hydrogens (primary N) is 1. The first-order valence-electron chi connectivity index (χ1n) is 4.53. The van der Waals surface area contributed by atoms with E-state index in [9.17, 15) is 0 Å². The van der Waals surface area contributed by atoms with Crippen LogP contribution in [-0.2, 0) is 5.54 Å². The van der Waals surface area contributed by atoms with Gasteiger partial charge in [0.1, 0.15) is 0 Å². The average Bonchev–Trinajstić information content (AvgIpc) is 2.84. The third-order valence-electron chi connectivity index (χ3n) is 2.79. The summed E-state index contributed by atoms with van der Waals surface area (Å²) in [5.41, 5.74) is 7.93. The predicted molar refractivity (Wildman–Crippen MR) is 56.8 cm³/mol. The SMILES string of the molecule is NC1(c2ccc3c(Br)noc3c2)CC1. The van der Waals surface area contributed by atoms with Gasteiger partial charge in [-0.05, 0) is 46.5 Å². The average molecular weight is 253 g/mol. The van der Waals surface area contributed by atoms with Gasteiger partial charge >= 0.3 is 0 Å². The zero-order valence-corrected chi connectivity index (χ0v) is 9.04. The molecule has 1 saturated carbocycles. The maximum Gasteiger partial charge on any atom is 0.168 e. The van der Waals surface area contributed by atoms with Crippen LogP contribution in [0.2, 0.25) is 0 Å². The third-order valence-corrected chi connectivity index (χ3v) is 3.36. The van der Waals surface area contributed by atoms with Crippen molar-refractivity contribution in [3.05, 3.63) is 28.4 Å². The van der Waals surface area contributed by atoms with Crippen molar-refractivity contribution in [2.75, 3.05) is 0 Å². The molecule has 0 radical (unpaired) electrons. The Morgan fingerprint density at radius 1 is 1.43 bits per heavy atom. The summed E-state index contributed by atoms with van der Waals surface area (Å²) in [5, 5.41) is 4.84. The minimum Gasteiger partial charge on any atom is -0.355 e. The summed E-state index contributed by atoms with van der Waals surface area (Å²) in [6.45, 7) is 0. The van der Waals surface area contributed by atoms with Crippen molar-refractivity contribution in [3.8, 4) is 0 Å². The molecular formula is C10H9BrN2O. The molecule has 0 aliphatic heterocycles. The van der Waals surface area contributed by atoms with Gasteiger partial charge in [-0.2, -0.15) is 0 Å². The number of hydrogen-bond donors (Lipinski definition) is 1. The van der Waals surface area contributed by atoms with Crippen LogP contribution in [0.1, 0.15) is 18.4 Å². The van der Waals surface area contributed by atoms with E-state index in [1.807, 2.05) is 12.1 Å². The van der Waals surface area contributed by atoms with Crippen LogP contribution >= 0.6 is 15.9 Å². The molecule has 0 bridgehead atoms. The fourth-order valence-electron chi connectivity index (χ4n) is 1.64. The Kier molecular flexibility index (Phi) is 1.56. The van der Waals surface area contributed by atoms with E-state index in [0.717, 1.165) is 34.0 Å². The van der Waals surface area contributed by atoms with E-state index in [2.05, 4.69) is 27.2 Å². The van der Waals surface area contributed by atoms with Crippen LogP contribution in [-0.4, -0.2) is 5.16 Å². The standard InChI is InChI=1S/C10H9BrN2O/c11-9-7-2-1-6(10(12)3-4-10)5-8(7)14-13-9/h1-2,5H,3-4,12H2. The van der Waals surface area contributed by atoms with Crippen LogP contribution in [0, 0.1) is 0 Å². The number of rotatable bonds is 1. The lowest BCUT2D eigenvalue weighted by atomic mass is 10.1. The molecule has 3 rings (SSSR count). The van der Waals surface area contributed by atoms with Crippen LogP contribution in [0.25, 0.3) is 11.0 Å². The summed E-state index contributed by atoms with van der Waals surface area (Å²) in [4.78, 5) is 0. The summed E-state index contributed by atoms with van der Waals surface area (Å²) in [5.74, 6) is 0. The van der Waals surface area contributed by atoms with Gasteiger partial charge in [-0.3, -0.25) is 0 Å². The second-order valence-electron chi connectivity index (χ2n) is 3.84. The van der Waals surface area contributed by atoms with Crippen molar-refractivity contribution in [2.45, 2.75) is 18.4 Å². The maximum absolute atomic E-state index is 6.09. The number of benzene rings is 1. The van der Waals surface area contributed by atoms with E-state index >= 15 is 0 Å². The van der Waals surface area contributed by atoms with Gasteiger partial charge in [0, 0.05) is 5.54 Å². The Hall–Kier alpha value is -0.870. The lowest BCUT2D eigenvalue weighted by molar-refractivity contribution is 0.451. The Balaban J connectivity index is 2.21. The Morgan fingerprint density at radius 3 is 2.93 bits per heavy atom. The molecule has 1 aromatic heterocycles. The Morgan fingerprint density at radius 2 is 2.21 bits per heavy atom. The molecule has 72 valence electrons. The Bertz CT molecular complexity index is 502. The van der Waals surface area contributed by atoms with Crippen molar-refractivity contribution in [1.29, 1.82) is 0 Å². The normalized spacial score (nSPS) is 18.7. The topological polar surface area (TPSA) is 52.0 Å². The van der Waals surface area contributed by atoms with Crippen LogP contribution in [0.15, 0.2) is 27.3 Å². The van der Waals surface area contributed by atoms with Gasteiger partial charge in [0.25, 0.3) is 0 Å². The summed E-state index contributed by atoms with van der Waals surface area (Å²) in [7, 11) is 0. The lowest BCUT2D eigenvalue weighted by Crippen LogP contribution is -2.18. The molecule has 3 nitrogen and oxygen atoms in total. The quantitative estimate of drug-likeness (QED) is 0.849. The fraction of sp³-hybridized carbons (Fsp3) is 0.300. The van der Waals surface area contributed by atoms with Crippen LogP contribution in [0.4, 0.5) is 0 Å². The van der Waals surface area contributed by atoms with Gasteiger partial charge < -0.3 is 10.3 Å². The van der Waals surface area contributed by atoms with Gasteiger partial charge in [-0.15, -0.1) is 0 Å². The van der Waals surface area contributed by atoms with Crippen LogP contribution < -0.4 is 5.73 Å². The summed E-state index contributed by atoms with van der Waals surface area (Å²) in [6, 6.07) is 6.04. The van der Waals surface area contributed by atoms with E-state index in [-0.39, 0.29) is 5.54 Å². The highest BCUT2D eigenvalue weighted by Gasteiger charge is 2.40. The maximum atomic E-state index is 6.09. The molecule has 0 amide bonds. The summed E-state index contributed by atoms with van der Waals surface area (Å²) in [6.07, 6.45) is 2.13. The first-order chi connectivity index (χ1) is 6.69. The monoisotopic (exact) mass is 252 g/mol. The van der Waals surface area contributed by atoms with Crippen molar-refractivity contribution < 1.29 is 4.52 Å². The second-order valence-corrected chi connectivity index (χ2v) is 4.59. The lowest BCUT2D eigenvalue weighted by Gasteiger charge is -2.07. The van der Waals surface area contributed by atoms with Crippen LogP contribution in [0.3, 0.4) is 0 Å². The largest absolute Gasteiger partial charge is 0.355 e. The molecular weight excluding hydrogens is 244 g/mol. The van der Waals surface area contributed by atoms with Gasteiger partial charge in [-0.25, -0.2) is 0 Å². The first-order valence-corrected chi connectivity index (χ1v) is 5.33. The van der Waals surface area contributed by atoms with Crippen molar-refractivity contribution in [2.24, 2.45) is 5.73 Å². The van der Waals surface area contributed by atoms with E-state index in [0.29, 0.717) is 0 Å². The molecule has 4 heteroatoms. The van der Waals surface area contributed by atoms with E-state index in [1.165, 1.54) is 0 Å². The minimum atomic E-state index is -0.104. The highest BCUT2D eigenvalue weighted by molar-refractivity contribution is 9.10. The summed E-state index contributed by atoms with van der Waals surface area (Å²) >= 11 is 3.32. The predicted octanol–water partition coefficient (Wildman–Crippen LogP) is 2.54. The highest BCUT2D eigenvalue weighted by atomic mass is 79.9. The molecule has 0 saturated heterocycles. The number of fused-ring (bicyclic) bond motifs is 1. The van der Waals surface area contributed by atoms with E-state index in [1.54, 1.807) is 0 Å². The molecule has 1 heterocycles.